The topological polar surface area (TPSA) is 56.3 Å². The second kappa shape index (κ2) is 10.2. The third-order valence-electron chi connectivity index (χ3n) is 5.83. The number of para-hydroxylation sites is 1. The lowest BCUT2D eigenvalue weighted by atomic mass is 10.0. The van der Waals surface area contributed by atoms with Gasteiger partial charge in [-0.1, -0.05) is 24.3 Å². The van der Waals surface area contributed by atoms with E-state index < -0.39 is 6.10 Å². The smallest absolute Gasteiger partial charge is 0.227 e. The SMILES string of the molecule is CN1C(=O)CCc2c(OCC(O)CN3CCN(c4ccccc4)CC3)cccc21.Cl. The van der Waals surface area contributed by atoms with Gasteiger partial charge in [0.2, 0.25) is 5.91 Å². The van der Waals surface area contributed by atoms with Crippen LogP contribution in [-0.2, 0) is 11.2 Å². The number of carbonyl (C=O) groups excluding carboxylic acids is 1. The molecule has 2 heterocycles. The van der Waals surface area contributed by atoms with Crippen molar-refractivity contribution >= 4 is 29.7 Å². The van der Waals surface area contributed by atoms with Crippen LogP contribution in [-0.4, -0.2) is 68.4 Å². The zero-order valence-corrected chi connectivity index (χ0v) is 18.2. The molecule has 0 aliphatic carbocycles. The summed E-state index contributed by atoms with van der Waals surface area (Å²) in [6.45, 7) is 4.65. The van der Waals surface area contributed by atoms with Gasteiger partial charge in [-0.05, 0) is 30.7 Å². The molecule has 0 spiro atoms. The predicted octanol–water partition coefficient (Wildman–Crippen LogP) is 2.58. The third-order valence-corrected chi connectivity index (χ3v) is 5.83. The average molecular weight is 432 g/mol. The quantitative estimate of drug-likeness (QED) is 0.761. The van der Waals surface area contributed by atoms with Crippen molar-refractivity contribution in [3.63, 3.8) is 0 Å². The highest BCUT2D eigenvalue weighted by molar-refractivity contribution is 5.96. The second-order valence-electron chi connectivity index (χ2n) is 7.79. The van der Waals surface area contributed by atoms with Crippen molar-refractivity contribution in [2.45, 2.75) is 18.9 Å². The number of rotatable bonds is 6. The number of piperazine rings is 1. The molecule has 1 unspecified atom stereocenters. The highest BCUT2D eigenvalue weighted by Crippen LogP contribution is 2.34. The highest BCUT2D eigenvalue weighted by Gasteiger charge is 2.24. The summed E-state index contributed by atoms with van der Waals surface area (Å²) in [5, 5.41) is 10.5. The van der Waals surface area contributed by atoms with Crippen molar-refractivity contribution in [1.29, 1.82) is 0 Å². The van der Waals surface area contributed by atoms with Crippen LogP contribution in [0, 0.1) is 0 Å². The number of nitrogens with zero attached hydrogens (tertiary/aromatic N) is 3. The number of fused-ring (bicyclic) bond motifs is 1. The Hall–Kier alpha value is -2.28. The number of ether oxygens (including phenoxy) is 1. The number of carbonyl (C=O) groups is 1. The Morgan fingerprint density at radius 3 is 2.47 bits per heavy atom. The summed E-state index contributed by atoms with van der Waals surface area (Å²) >= 11 is 0. The van der Waals surface area contributed by atoms with Crippen molar-refractivity contribution in [3.8, 4) is 5.75 Å². The predicted molar refractivity (Wildman–Crippen MR) is 122 cm³/mol. The molecule has 0 bridgehead atoms. The molecule has 7 heteroatoms. The van der Waals surface area contributed by atoms with Crippen molar-refractivity contribution in [2.75, 3.05) is 56.2 Å². The van der Waals surface area contributed by atoms with E-state index in [-0.39, 0.29) is 24.9 Å². The molecule has 162 valence electrons. The highest BCUT2D eigenvalue weighted by atomic mass is 35.5. The summed E-state index contributed by atoms with van der Waals surface area (Å²) in [5.74, 6) is 0.902. The van der Waals surface area contributed by atoms with Crippen LogP contribution in [0.1, 0.15) is 12.0 Å². The van der Waals surface area contributed by atoms with Gasteiger partial charge < -0.3 is 19.6 Å². The van der Waals surface area contributed by atoms with Gasteiger partial charge >= 0.3 is 0 Å². The molecule has 1 N–H and O–H groups in total. The first-order valence-electron chi connectivity index (χ1n) is 10.3. The molecule has 1 fully saturated rings. The van der Waals surface area contributed by atoms with Crippen LogP contribution in [0.4, 0.5) is 11.4 Å². The van der Waals surface area contributed by atoms with E-state index in [4.69, 9.17) is 4.74 Å². The summed E-state index contributed by atoms with van der Waals surface area (Å²) in [7, 11) is 1.80. The summed E-state index contributed by atoms with van der Waals surface area (Å²) in [6, 6.07) is 16.2. The lowest BCUT2D eigenvalue weighted by molar-refractivity contribution is -0.118. The molecule has 2 aliphatic rings. The fraction of sp³-hybridized carbons (Fsp3) is 0.435. The molecule has 0 aromatic heterocycles. The van der Waals surface area contributed by atoms with Gasteiger partial charge in [-0.2, -0.15) is 0 Å². The average Bonchev–Trinajstić information content (AvgIpc) is 2.76. The van der Waals surface area contributed by atoms with Crippen LogP contribution in [0.15, 0.2) is 48.5 Å². The van der Waals surface area contributed by atoms with E-state index >= 15 is 0 Å². The Bertz CT molecular complexity index is 841. The number of amides is 1. The van der Waals surface area contributed by atoms with Gasteiger partial charge in [0.15, 0.2) is 0 Å². The number of hydrogen-bond donors (Lipinski definition) is 1. The van der Waals surface area contributed by atoms with E-state index in [9.17, 15) is 9.90 Å². The van der Waals surface area contributed by atoms with Gasteiger partial charge in [0.25, 0.3) is 0 Å². The molecule has 1 saturated heterocycles. The van der Waals surface area contributed by atoms with Crippen molar-refractivity contribution in [2.24, 2.45) is 0 Å². The van der Waals surface area contributed by atoms with E-state index in [1.54, 1.807) is 11.9 Å². The first kappa shape index (κ1) is 22.4. The first-order valence-corrected chi connectivity index (χ1v) is 10.3. The molecule has 30 heavy (non-hydrogen) atoms. The zero-order valence-electron chi connectivity index (χ0n) is 17.4. The normalized spacial score (nSPS) is 17.9. The van der Waals surface area contributed by atoms with E-state index in [0.717, 1.165) is 43.2 Å². The summed E-state index contributed by atoms with van der Waals surface area (Å²) in [4.78, 5) is 18.3. The lowest BCUT2D eigenvalue weighted by Crippen LogP contribution is -2.49. The molecule has 4 rings (SSSR count). The molecule has 1 atom stereocenters. The number of hydrogen-bond acceptors (Lipinski definition) is 5. The minimum absolute atomic E-state index is 0. The number of aliphatic hydroxyl groups excluding tert-OH is 1. The number of halogens is 1. The Labute approximate surface area is 184 Å². The van der Waals surface area contributed by atoms with Crippen molar-refractivity contribution in [3.05, 3.63) is 54.1 Å². The van der Waals surface area contributed by atoms with Crippen LogP contribution >= 0.6 is 12.4 Å². The minimum atomic E-state index is -0.544. The van der Waals surface area contributed by atoms with Gasteiger partial charge in [-0.15, -0.1) is 12.4 Å². The standard InChI is InChI=1S/C23H29N3O3.ClH/c1-24-21-8-5-9-22(20(21)10-11-23(24)28)29-17-19(27)16-25-12-14-26(15-13-25)18-6-3-2-4-7-18;/h2-9,19,27H,10-17H2,1H3;1H. The molecule has 1 amide bonds. The Morgan fingerprint density at radius 2 is 1.73 bits per heavy atom. The largest absolute Gasteiger partial charge is 0.490 e. The summed E-state index contributed by atoms with van der Waals surface area (Å²) in [5.41, 5.74) is 3.22. The van der Waals surface area contributed by atoms with Crippen molar-refractivity contribution < 1.29 is 14.6 Å². The van der Waals surface area contributed by atoms with Gasteiger partial charge in [-0.25, -0.2) is 0 Å². The number of aliphatic hydroxyl groups is 1. The van der Waals surface area contributed by atoms with E-state index in [1.165, 1.54) is 5.69 Å². The molecule has 2 aromatic rings. The maximum absolute atomic E-state index is 11.9. The maximum Gasteiger partial charge on any atom is 0.227 e. The molecular formula is C23H30ClN3O3. The third kappa shape index (κ3) is 5.06. The van der Waals surface area contributed by atoms with Gasteiger partial charge in [-0.3, -0.25) is 9.69 Å². The fourth-order valence-corrected chi connectivity index (χ4v) is 4.15. The molecular weight excluding hydrogens is 402 g/mol. The van der Waals surface area contributed by atoms with Crippen LogP contribution in [0.5, 0.6) is 5.75 Å². The fourth-order valence-electron chi connectivity index (χ4n) is 4.15. The van der Waals surface area contributed by atoms with Crippen LogP contribution in [0.3, 0.4) is 0 Å². The van der Waals surface area contributed by atoms with Gasteiger partial charge in [0.05, 0.1) is 5.69 Å². The molecule has 2 aliphatic heterocycles. The molecule has 6 nitrogen and oxygen atoms in total. The van der Waals surface area contributed by atoms with Gasteiger partial charge in [0, 0.05) is 57.4 Å². The number of anilines is 2. The molecule has 2 aromatic carbocycles. The van der Waals surface area contributed by atoms with Crippen LogP contribution in [0.25, 0.3) is 0 Å². The lowest BCUT2D eigenvalue weighted by Gasteiger charge is -2.36. The minimum Gasteiger partial charge on any atom is -0.490 e. The van der Waals surface area contributed by atoms with Crippen LogP contribution in [0.2, 0.25) is 0 Å². The second-order valence-corrected chi connectivity index (χ2v) is 7.79. The number of benzene rings is 2. The van der Waals surface area contributed by atoms with Crippen molar-refractivity contribution in [1.82, 2.24) is 4.90 Å². The monoisotopic (exact) mass is 431 g/mol. The Kier molecular flexibility index (Phi) is 7.58. The number of β-amino-alcohol motifs (C(OH)–C–C–N with tert-alkyl or cyclic N) is 1. The van der Waals surface area contributed by atoms with Crippen LogP contribution < -0.4 is 14.5 Å². The van der Waals surface area contributed by atoms with E-state index in [1.807, 2.05) is 24.3 Å². The Morgan fingerprint density at radius 1 is 1.00 bits per heavy atom. The summed E-state index contributed by atoms with van der Waals surface area (Å²) in [6.07, 6.45) is 0.640. The first-order chi connectivity index (χ1) is 14.1. The maximum atomic E-state index is 11.9. The van der Waals surface area contributed by atoms with Gasteiger partial charge in [0.1, 0.15) is 18.5 Å². The zero-order chi connectivity index (χ0) is 20.2. The van der Waals surface area contributed by atoms with E-state index in [2.05, 4.69) is 34.1 Å². The molecule has 0 radical (unpaired) electrons. The van der Waals surface area contributed by atoms with E-state index in [0.29, 0.717) is 19.4 Å². The molecule has 0 saturated carbocycles. The Balaban J connectivity index is 0.00000256. The summed E-state index contributed by atoms with van der Waals surface area (Å²) < 4.78 is 5.96.